The van der Waals surface area contributed by atoms with E-state index in [1.165, 1.54) is 154 Å². The first-order valence-corrected chi connectivity index (χ1v) is 32.4. The zero-order chi connectivity index (χ0) is 61.9. The Labute approximate surface area is 534 Å². The maximum atomic E-state index is 6.34. The Morgan fingerprint density at radius 3 is 0.880 bits per heavy atom. The molecule has 4 aliphatic carbocycles. The monoisotopic (exact) mass is 1200 g/mol. The first-order valence-electron chi connectivity index (χ1n) is 32.4. The summed E-state index contributed by atoms with van der Waals surface area (Å²) in [6, 6.07) is 74.3. The second kappa shape index (κ2) is 18.6. The molecular formula is C84H68N4O4+4. The Morgan fingerprint density at radius 2 is 0.533 bits per heavy atom. The van der Waals surface area contributed by atoms with Crippen molar-refractivity contribution in [3.63, 3.8) is 0 Å². The van der Waals surface area contributed by atoms with Gasteiger partial charge in [-0.1, -0.05) is 177 Å². The highest BCUT2D eigenvalue weighted by Gasteiger charge is 2.51. The molecule has 4 aliphatic heterocycles. The summed E-state index contributed by atoms with van der Waals surface area (Å²) < 4.78 is 34.1. The average molecular weight is 1200 g/mol. The van der Waals surface area contributed by atoms with Crippen LogP contribution in [0, 0.1) is 0 Å². The van der Waals surface area contributed by atoms with Crippen molar-refractivity contribution in [2.24, 2.45) is 0 Å². The lowest BCUT2D eigenvalue weighted by atomic mass is 9.81. The smallest absolute Gasteiger partial charge is 0.293 e. The third-order valence-corrected chi connectivity index (χ3v) is 22.0. The van der Waals surface area contributed by atoms with E-state index in [2.05, 4.69) is 292 Å². The van der Waals surface area contributed by atoms with Gasteiger partial charge in [0.1, 0.15) is 23.0 Å². The number of ether oxygens (including phenoxy) is 4. The summed E-state index contributed by atoms with van der Waals surface area (Å²) in [4.78, 5) is 0. The lowest BCUT2D eigenvalue weighted by molar-refractivity contribution is -0.717. The van der Waals surface area contributed by atoms with Crippen LogP contribution in [0.15, 0.2) is 219 Å². The van der Waals surface area contributed by atoms with Crippen molar-refractivity contribution in [3.05, 3.63) is 263 Å². The Kier molecular flexibility index (Phi) is 10.8. The van der Waals surface area contributed by atoms with Gasteiger partial charge in [-0.15, -0.1) is 0 Å². The van der Waals surface area contributed by atoms with E-state index in [4.69, 9.17) is 18.9 Å². The fourth-order valence-electron chi connectivity index (χ4n) is 17.2. The third-order valence-electron chi connectivity index (χ3n) is 22.0. The average Bonchev–Trinajstić information content (AvgIpc) is 1.55. The number of para-hydroxylation sites is 2. The molecule has 0 radical (unpaired) electrons. The number of hydrogen-bond donors (Lipinski definition) is 0. The number of fused-ring (bicyclic) bond motifs is 12. The van der Waals surface area contributed by atoms with Gasteiger partial charge in [0.2, 0.25) is 33.8 Å². The van der Waals surface area contributed by atoms with E-state index in [0.717, 1.165) is 23.0 Å². The molecule has 0 atom stereocenters. The Morgan fingerprint density at radius 1 is 0.261 bits per heavy atom. The predicted molar refractivity (Wildman–Crippen MR) is 364 cm³/mol. The summed E-state index contributed by atoms with van der Waals surface area (Å²) in [6.45, 7) is 20.9. The number of benzene rings is 10. The second-order valence-corrected chi connectivity index (χ2v) is 28.3. The van der Waals surface area contributed by atoms with Crippen LogP contribution in [0.4, 0.5) is 0 Å². The molecule has 444 valence electrons. The summed E-state index contributed by atoms with van der Waals surface area (Å²) in [5.41, 5.74) is 24.1. The maximum absolute atomic E-state index is 6.34. The Hall–Kier alpha value is -10.4. The van der Waals surface area contributed by atoms with Crippen molar-refractivity contribution < 1.29 is 37.2 Å². The molecule has 0 fully saturated rings. The second-order valence-electron chi connectivity index (χ2n) is 28.3. The van der Waals surface area contributed by atoms with Crippen molar-refractivity contribution in [1.29, 1.82) is 0 Å². The summed E-state index contributed by atoms with van der Waals surface area (Å²) in [5, 5.41) is 12.5. The fraction of sp³-hybridized carbons (Fsp3) is 0.190. The molecule has 8 aliphatic rings. The largest absolute Gasteiger partial charge is 0.434 e. The van der Waals surface area contributed by atoms with E-state index < -0.39 is 0 Å². The van der Waals surface area contributed by atoms with Crippen LogP contribution in [-0.2, 0) is 48.6 Å². The normalized spacial score (nSPS) is 16.3. The quantitative estimate of drug-likeness (QED) is 0.142. The molecule has 10 aromatic carbocycles. The molecule has 0 amide bonds. The van der Waals surface area contributed by atoms with Gasteiger partial charge in [0.15, 0.2) is 12.4 Å². The van der Waals surface area contributed by atoms with Crippen molar-refractivity contribution >= 4 is 64.9 Å². The highest BCUT2D eigenvalue weighted by atomic mass is 16.5. The van der Waals surface area contributed by atoms with E-state index in [1.807, 2.05) is 0 Å². The molecule has 0 N–H and O–H groups in total. The van der Waals surface area contributed by atoms with Gasteiger partial charge in [-0.05, 0) is 104 Å². The topological polar surface area (TPSA) is 52.4 Å². The number of rotatable bonds is 0. The lowest BCUT2D eigenvalue weighted by Crippen LogP contribution is -2.42. The van der Waals surface area contributed by atoms with Crippen LogP contribution >= 0.6 is 0 Å². The summed E-state index contributed by atoms with van der Waals surface area (Å²) >= 11 is 0. The lowest BCUT2D eigenvalue weighted by Gasteiger charge is -2.20. The van der Waals surface area contributed by atoms with Gasteiger partial charge in [-0.3, -0.25) is 0 Å². The molecular weight excluding hydrogens is 1130 g/mol. The number of nitrogens with zero attached hydrogens (tertiary/aromatic N) is 4. The molecule has 0 saturated carbocycles. The van der Waals surface area contributed by atoms with Gasteiger partial charge in [-0.25, -0.2) is 0 Å². The predicted octanol–water partition coefficient (Wildman–Crippen LogP) is 17.4. The maximum Gasteiger partial charge on any atom is 0.293 e. The van der Waals surface area contributed by atoms with Gasteiger partial charge in [-0.2, -0.15) is 18.3 Å². The van der Waals surface area contributed by atoms with Crippen molar-refractivity contribution in [2.75, 3.05) is 0 Å². The third kappa shape index (κ3) is 7.07. The minimum absolute atomic E-state index is 0.0249. The van der Waals surface area contributed by atoms with Gasteiger partial charge in [0.25, 0.3) is 26.9 Å². The van der Waals surface area contributed by atoms with Gasteiger partial charge in [0, 0.05) is 100 Å². The van der Waals surface area contributed by atoms with Crippen LogP contribution in [0.1, 0.15) is 99.9 Å². The molecule has 0 bridgehead atoms. The molecule has 14 aromatic rings. The molecule has 0 unspecified atom stereocenters. The number of aromatic nitrogens is 4. The minimum atomic E-state index is -0.0249. The van der Waals surface area contributed by atoms with E-state index >= 15 is 0 Å². The fourth-order valence-corrected chi connectivity index (χ4v) is 17.2. The van der Waals surface area contributed by atoms with Crippen LogP contribution in [0.2, 0.25) is 0 Å². The highest BCUT2D eigenvalue weighted by molar-refractivity contribution is 6.04. The van der Waals surface area contributed by atoms with Crippen molar-refractivity contribution in [3.8, 4) is 68.0 Å². The van der Waals surface area contributed by atoms with Crippen molar-refractivity contribution in [1.82, 2.24) is 0 Å². The van der Waals surface area contributed by atoms with Crippen LogP contribution in [0.5, 0.6) is 23.0 Å². The SMILES string of the molecule is CC1(C)c2cc3ccccc3c3c2-c2c1cc1ccccc1[n+]2CO3.CC1(C)c2cc3ccccc3c3c2-c2c1cc1ccccc1[n+]2CO3.CC1(C)c2cc3ccccc3c3c2-c2c1ccc[n+]2CO3.CC1(C)c2cc3ccccc3c3c2-c2c1ccc[n+]2CO3. The molecule has 8 heterocycles. The summed E-state index contributed by atoms with van der Waals surface area (Å²) in [6.07, 6.45) is 4.23. The van der Waals surface area contributed by atoms with Crippen LogP contribution in [0.3, 0.4) is 0 Å². The number of pyridine rings is 4. The zero-order valence-electron chi connectivity index (χ0n) is 53.0. The van der Waals surface area contributed by atoms with Crippen molar-refractivity contribution in [2.45, 2.75) is 104 Å². The van der Waals surface area contributed by atoms with E-state index in [9.17, 15) is 0 Å². The zero-order valence-corrected chi connectivity index (χ0v) is 53.0. The molecule has 8 heteroatoms. The van der Waals surface area contributed by atoms with Crippen LogP contribution < -0.4 is 37.2 Å². The molecule has 4 aromatic heterocycles. The molecule has 8 nitrogen and oxygen atoms in total. The van der Waals surface area contributed by atoms with Gasteiger partial charge in [0.05, 0.1) is 22.3 Å². The first-order chi connectivity index (χ1) is 44.7. The van der Waals surface area contributed by atoms with E-state index in [-0.39, 0.29) is 21.7 Å². The first kappa shape index (κ1) is 53.4. The summed E-state index contributed by atoms with van der Waals surface area (Å²) in [5.74, 6) is 4.22. The van der Waals surface area contributed by atoms with E-state index in [1.54, 1.807) is 0 Å². The molecule has 22 rings (SSSR count). The molecule has 92 heavy (non-hydrogen) atoms. The highest BCUT2D eigenvalue weighted by Crippen LogP contribution is 2.59. The van der Waals surface area contributed by atoms with Gasteiger partial charge >= 0.3 is 0 Å². The summed E-state index contributed by atoms with van der Waals surface area (Å²) in [7, 11) is 0. The molecule has 0 saturated heterocycles. The van der Waals surface area contributed by atoms with Gasteiger partial charge < -0.3 is 18.9 Å². The standard InChI is InChI=1S/2C23H18NO.2C19H16NO/c2*1-23(2)17-11-14-7-3-5-9-16(14)22-20(17)21-18(23)12-15-8-4-6-10-19(15)24(21)13-25-22;2*1-19(2)14-8-5-9-20-11-21-18-13-7-4-3-6-12(13)10-15(19)16(18)17(14)20/h2*3-12H,13H2,1-2H3;2*3-10H,11H2,1-2H3/q4*+1. The number of hydrogen-bond acceptors (Lipinski definition) is 4. The Bertz CT molecular complexity index is 5140. The molecule has 0 spiro atoms. The van der Waals surface area contributed by atoms with Crippen LogP contribution in [0.25, 0.3) is 110 Å². The van der Waals surface area contributed by atoms with Crippen LogP contribution in [-0.4, -0.2) is 0 Å². The minimum Gasteiger partial charge on any atom is -0.434 e. The Balaban J connectivity index is 0.0000000880. The van der Waals surface area contributed by atoms with E-state index in [0.29, 0.717) is 26.9 Å².